The van der Waals surface area contributed by atoms with Crippen LogP contribution in [-0.4, -0.2) is 24.1 Å². The highest BCUT2D eigenvalue weighted by molar-refractivity contribution is 5.34. The number of rotatable bonds is 5. The summed E-state index contributed by atoms with van der Waals surface area (Å²) in [6.45, 7) is 9.11. The van der Waals surface area contributed by atoms with Crippen LogP contribution in [0, 0.1) is 31.1 Å². The minimum absolute atomic E-state index is 0.0483. The van der Waals surface area contributed by atoms with E-state index in [1.807, 2.05) is 19.9 Å². The zero-order valence-corrected chi connectivity index (χ0v) is 20.6. The molecule has 0 bridgehead atoms. The molecule has 0 saturated heterocycles. The van der Waals surface area contributed by atoms with Gasteiger partial charge in [-0.15, -0.1) is 0 Å². The van der Waals surface area contributed by atoms with Crippen LogP contribution >= 0.6 is 0 Å². The summed E-state index contributed by atoms with van der Waals surface area (Å²) in [6, 6.07) is 5.41. The molecule has 0 radical (unpaired) electrons. The van der Waals surface area contributed by atoms with Crippen molar-refractivity contribution in [3.63, 3.8) is 0 Å². The molecule has 194 valence electrons. The largest absolute Gasteiger partial charge is 0.489 e. The molecule has 0 saturated carbocycles. The quantitative estimate of drug-likeness (QED) is 0.297. The second kappa shape index (κ2) is 9.58. The fourth-order valence-electron chi connectivity index (χ4n) is 4.88. The van der Waals surface area contributed by atoms with Crippen LogP contribution in [0.3, 0.4) is 0 Å². The lowest BCUT2D eigenvalue weighted by molar-refractivity contribution is -0.368. The van der Waals surface area contributed by atoms with Gasteiger partial charge in [-0.2, -0.15) is 26.3 Å². The molecule has 1 aromatic carbocycles. The first-order chi connectivity index (χ1) is 16.0. The molecule has 0 heterocycles. The fourth-order valence-corrected chi connectivity index (χ4v) is 4.88. The number of hydrogen-bond donors (Lipinski definition) is 0. The van der Waals surface area contributed by atoms with Gasteiger partial charge in [0.2, 0.25) is 0 Å². The zero-order valence-electron chi connectivity index (χ0n) is 20.6. The van der Waals surface area contributed by atoms with Crippen molar-refractivity contribution < 1.29 is 35.8 Å². The van der Waals surface area contributed by atoms with Gasteiger partial charge in [0.05, 0.1) is 0 Å². The van der Waals surface area contributed by atoms with Crippen molar-refractivity contribution >= 4 is 0 Å². The number of allylic oxidation sites excluding steroid dienone is 4. The van der Waals surface area contributed by atoms with Gasteiger partial charge in [-0.1, -0.05) is 18.2 Å². The van der Waals surface area contributed by atoms with Crippen LogP contribution in [0.1, 0.15) is 51.2 Å². The molecule has 1 aromatic rings. The van der Waals surface area contributed by atoms with Crippen molar-refractivity contribution in [1.29, 1.82) is 0 Å². The third kappa shape index (κ3) is 5.72. The molecular formula is C27H32F6O2. The van der Waals surface area contributed by atoms with E-state index < -0.39 is 47.7 Å². The van der Waals surface area contributed by atoms with Crippen molar-refractivity contribution in [3.8, 4) is 5.75 Å². The van der Waals surface area contributed by atoms with Crippen LogP contribution in [0.2, 0.25) is 0 Å². The minimum atomic E-state index is -5.51. The number of ether oxygens (including phenoxy) is 2. The Morgan fingerprint density at radius 3 is 1.91 bits per heavy atom. The smallest absolute Gasteiger partial charge is 0.404 e. The van der Waals surface area contributed by atoms with Gasteiger partial charge in [0, 0.05) is 11.8 Å². The van der Waals surface area contributed by atoms with Crippen molar-refractivity contribution in [1.82, 2.24) is 0 Å². The van der Waals surface area contributed by atoms with Crippen molar-refractivity contribution in [2.45, 2.75) is 77.9 Å². The molecular weight excluding hydrogens is 470 g/mol. The topological polar surface area (TPSA) is 18.5 Å². The van der Waals surface area contributed by atoms with Gasteiger partial charge in [0.25, 0.3) is 0 Å². The van der Waals surface area contributed by atoms with Gasteiger partial charge in [-0.05, 0) is 95.4 Å². The molecule has 0 fully saturated rings. The summed E-state index contributed by atoms with van der Waals surface area (Å²) in [5.74, 6) is -2.77. The second-order valence-corrected chi connectivity index (χ2v) is 10.4. The van der Waals surface area contributed by atoms with E-state index in [0.717, 1.165) is 23.3 Å². The summed E-state index contributed by atoms with van der Waals surface area (Å²) < 4.78 is 98.2. The first-order valence-electron chi connectivity index (χ1n) is 11.7. The Morgan fingerprint density at radius 2 is 1.46 bits per heavy atom. The predicted molar refractivity (Wildman–Crippen MR) is 123 cm³/mol. The molecule has 3 atom stereocenters. The molecule has 2 nitrogen and oxygen atoms in total. The van der Waals surface area contributed by atoms with Gasteiger partial charge >= 0.3 is 12.4 Å². The van der Waals surface area contributed by atoms with E-state index in [-0.39, 0.29) is 18.6 Å². The minimum Gasteiger partial charge on any atom is -0.489 e. The Hall–Kier alpha value is -2.38. The molecule has 8 heteroatoms. The summed E-state index contributed by atoms with van der Waals surface area (Å²) in [5.41, 5.74) is -2.49. The molecule has 2 aliphatic carbocycles. The average Bonchev–Trinajstić information content (AvgIpc) is 2.70. The molecule has 0 aliphatic heterocycles. The first kappa shape index (κ1) is 27.2. The molecule has 0 spiro atoms. The lowest BCUT2D eigenvalue weighted by atomic mass is 9.60. The fraction of sp³-hybridized carbons (Fsp3) is 0.556. The third-order valence-corrected chi connectivity index (χ3v) is 6.68. The summed E-state index contributed by atoms with van der Waals surface area (Å²) in [5, 5.41) is 0. The second-order valence-electron chi connectivity index (χ2n) is 10.4. The molecule has 0 N–H and O–H groups in total. The van der Waals surface area contributed by atoms with Gasteiger partial charge in [-0.3, -0.25) is 0 Å². The maximum atomic E-state index is 14.5. The van der Waals surface area contributed by atoms with Crippen LogP contribution < -0.4 is 4.74 Å². The van der Waals surface area contributed by atoms with Gasteiger partial charge in [-0.25, -0.2) is 0 Å². The van der Waals surface area contributed by atoms with Crippen molar-refractivity contribution in [2.75, 3.05) is 0 Å². The highest BCUT2D eigenvalue weighted by atomic mass is 19.4. The maximum Gasteiger partial charge on any atom is 0.404 e. The van der Waals surface area contributed by atoms with Crippen LogP contribution in [0.5, 0.6) is 5.75 Å². The Morgan fingerprint density at radius 1 is 0.800 bits per heavy atom. The predicted octanol–water partition coefficient (Wildman–Crippen LogP) is 8.40. The Balaban J connectivity index is 1.89. The first-order valence-corrected chi connectivity index (χ1v) is 11.7. The van der Waals surface area contributed by atoms with Crippen LogP contribution in [0.25, 0.3) is 0 Å². The van der Waals surface area contributed by atoms with Crippen molar-refractivity contribution in [2.24, 2.45) is 17.3 Å². The number of hydrogen-bond acceptors (Lipinski definition) is 2. The van der Waals surface area contributed by atoms with E-state index in [1.54, 1.807) is 32.9 Å². The number of halogens is 6. The summed E-state index contributed by atoms with van der Waals surface area (Å²) in [4.78, 5) is 0. The Bertz CT molecular complexity index is 980. The highest BCUT2D eigenvalue weighted by Crippen LogP contribution is 2.63. The summed E-state index contributed by atoms with van der Waals surface area (Å²) in [7, 11) is 0. The lowest BCUT2D eigenvalue weighted by Gasteiger charge is -2.48. The van der Waals surface area contributed by atoms with E-state index in [4.69, 9.17) is 9.47 Å². The third-order valence-electron chi connectivity index (χ3n) is 6.68. The van der Waals surface area contributed by atoms with Crippen LogP contribution in [0.15, 0.2) is 54.3 Å². The van der Waals surface area contributed by atoms with Gasteiger partial charge < -0.3 is 9.47 Å². The summed E-state index contributed by atoms with van der Waals surface area (Å²) in [6.07, 6.45) is -6.34. The number of benzene rings is 1. The van der Waals surface area contributed by atoms with E-state index in [0.29, 0.717) is 5.75 Å². The molecule has 3 rings (SSSR count). The number of alkyl halides is 6. The van der Waals surface area contributed by atoms with Gasteiger partial charge in [0.1, 0.15) is 23.2 Å². The van der Waals surface area contributed by atoms with Crippen molar-refractivity contribution in [3.05, 3.63) is 65.5 Å². The zero-order chi connectivity index (χ0) is 26.2. The number of aryl methyl sites for hydroxylation is 2. The molecule has 35 heavy (non-hydrogen) atoms. The Kier molecular flexibility index (Phi) is 7.45. The normalized spacial score (nSPS) is 23.7. The average molecular weight is 503 g/mol. The molecule has 0 aromatic heterocycles. The molecule has 2 unspecified atom stereocenters. The Labute approximate surface area is 202 Å². The van der Waals surface area contributed by atoms with E-state index in [1.165, 1.54) is 18.2 Å². The van der Waals surface area contributed by atoms with E-state index >= 15 is 0 Å². The van der Waals surface area contributed by atoms with Crippen LogP contribution in [0.4, 0.5) is 26.3 Å². The van der Waals surface area contributed by atoms with E-state index in [2.05, 4.69) is 0 Å². The SMILES string of the molecule is Cc1ccc(O[C@@H]2C=CC(C(C3C=CC(OC(C)(C)C)=CC3)(C(F)(F)F)C(F)(F)F)CC2)cc1C. The molecule has 2 aliphatic rings. The summed E-state index contributed by atoms with van der Waals surface area (Å²) >= 11 is 0. The highest BCUT2D eigenvalue weighted by Gasteiger charge is 2.75. The monoisotopic (exact) mass is 502 g/mol. The maximum absolute atomic E-state index is 14.5. The van der Waals surface area contributed by atoms with Crippen LogP contribution in [-0.2, 0) is 4.74 Å². The van der Waals surface area contributed by atoms with Gasteiger partial charge in [0.15, 0.2) is 5.41 Å². The standard InChI is InChI=1S/C27H32F6O2/c1-17-6-11-23(16-18(17)2)34-21-12-7-19(8-13-21)25(26(28,29)30,27(31,32)33)20-9-14-22(15-10-20)35-24(3,4)5/h6-7,9,11-12,14-16,19-21H,8,10,13H2,1-5H3/t19?,20?,21-/m1/s1. The van der Waals surface area contributed by atoms with E-state index in [9.17, 15) is 26.3 Å². The molecule has 0 amide bonds. The lowest BCUT2D eigenvalue weighted by Crippen LogP contribution is -2.59.